The molecule has 28 heavy (non-hydrogen) atoms. The Hall–Kier alpha value is -2.50. The number of alkyl carbamates (subject to hydrolysis) is 1. The molecule has 0 heterocycles. The highest BCUT2D eigenvalue weighted by Crippen LogP contribution is 2.11. The van der Waals surface area contributed by atoms with E-state index < -0.39 is 36.4 Å². The van der Waals surface area contributed by atoms with Gasteiger partial charge in [-0.2, -0.15) is 0 Å². The SMILES string of the molecule is CC(C)(C)OC(=O)N[C@@H](CC#Cc1cccc(B(O)O)c1)C(=O)OC(C)(C)C. The number of esters is 1. The number of ether oxygens (including phenoxy) is 2. The lowest BCUT2D eigenvalue weighted by Gasteiger charge is -2.25. The van der Waals surface area contributed by atoms with E-state index in [2.05, 4.69) is 17.2 Å². The lowest BCUT2D eigenvalue weighted by molar-refractivity contribution is -0.157. The van der Waals surface area contributed by atoms with Gasteiger partial charge in [0.05, 0.1) is 0 Å². The second-order valence-electron chi connectivity index (χ2n) is 8.24. The van der Waals surface area contributed by atoms with Gasteiger partial charge in [0.15, 0.2) is 0 Å². The number of benzene rings is 1. The van der Waals surface area contributed by atoms with Gasteiger partial charge in [0.25, 0.3) is 0 Å². The molecule has 8 heteroatoms. The topological polar surface area (TPSA) is 105 Å². The smallest absolute Gasteiger partial charge is 0.458 e. The van der Waals surface area contributed by atoms with Crippen LogP contribution >= 0.6 is 0 Å². The van der Waals surface area contributed by atoms with Crippen LogP contribution in [0.25, 0.3) is 0 Å². The Balaban J connectivity index is 2.92. The van der Waals surface area contributed by atoms with Gasteiger partial charge in [-0.15, -0.1) is 0 Å². The van der Waals surface area contributed by atoms with Gasteiger partial charge < -0.3 is 24.8 Å². The van der Waals surface area contributed by atoms with Crippen molar-refractivity contribution < 1.29 is 29.1 Å². The Morgan fingerprint density at radius 3 is 2.25 bits per heavy atom. The Kier molecular flexibility index (Phi) is 8.09. The molecule has 0 aliphatic carbocycles. The average Bonchev–Trinajstić information content (AvgIpc) is 2.50. The van der Waals surface area contributed by atoms with E-state index in [1.807, 2.05) is 0 Å². The number of carbonyl (C=O) groups is 2. The van der Waals surface area contributed by atoms with Crippen LogP contribution in [0.3, 0.4) is 0 Å². The highest BCUT2D eigenvalue weighted by molar-refractivity contribution is 6.58. The molecule has 0 saturated heterocycles. The lowest BCUT2D eigenvalue weighted by atomic mass is 9.80. The fraction of sp³-hybridized carbons (Fsp3) is 0.500. The Bertz CT molecular complexity index is 752. The molecular weight excluding hydrogens is 361 g/mol. The van der Waals surface area contributed by atoms with Crippen LogP contribution in [0.4, 0.5) is 4.79 Å². The van der Waals surface area contributed by atoms with E-state index in [4.69, 9.17) is 9.47 Å². The van der Waals surface area contributed by atoms with E-state index >= 15 is 0 Å². The molecule has 0 aliphatic heterocycles. The summed E-state index contributed by atoms with van der Waals surface area (Å²) in [6.45, 7) is 10.3. The van der Waals surface area contributed by atoms with Crippen LogP contribution in [-0.4, -0.2) is 46.5 Å². The normalized spacial score (nSPS) is 12.3. The molecule has 1 atom stereocenters. The van der Waals surface area contributed by atoms with E-state index in [0.29, 0.717) is 11.0 Å². The molecule has 0 saturated carbocycles. The highest BCUT2D eigenvalue weighted by Gasteiger charge is 2.28. The van der Waals surface area contributed by atoms with E-state index in [-0.39, 0.29) is 6.42 Å². The third-order valence-corrected chi connectivity index (χ3v) is 3.11. The predicted molar refractivity (Wildman–Crippen MR) is 107 cm³/mol. The van der Waals surface area contributed by atoms with Crippen molar-refractivity contribution in [3.8, 4) is 11.8 Å². The van der Waals surface area contributed by atoms with Crippen LogP contribution in [0, 0.1) is 11.8 Å². The van der Waals surface area contributed by atoms with Crippen LogP contribution in [-0.2, 0) is 14.3 Å². The molecule has 1 aromatic rings. The lowest BCUT2D eigenvalue weighted by Crippen LogP contribution is -2.45. The monoisotopic (exact) mass is 389 g/mol. The molecule has 152 valence electrons. The largest absolute Gasteiger partial charge is 0.488 e. The fourth-order valence-electron chi connectivity index (χ4n) is 2.05. The number of hydrogen-bond acceptors (Lipinski definition) is 6. The Labute approximate surface area is 166 Å². The second-order valence-corrected chi connectivity index (χ2v) is 8.24. The molecule has 0 radical (unpaired) electrons. The van der Waals surface area contributed by atoms with E-state index in [9.17, 15) is 19.6 Å². The van der Waals surface area contributed by atoms with Gasteiger partial charge in [-0.25, -0.2) is 9.59 Å². The van der Waals surface area contributed by atoms with Gasteiger partial charge in [-0.05, 0) is 59.1 Å². The number of nitrogens with one attached hydrogen (secondary N) is 1. The van der Waals surface area contributed by atoms with Gasteiger partial charge in [-0.1, -0.05) is 24.0 Å². The maximum atomic E-state index is 12.4. The van der Waals surface area contributed by atoms with Crippen molar-refractivity contribution in [2.75, 3.05) is 0 Å². The predicted octanol–water partition coefficient (Wildman–Crippen LogP) is 1.34. The first-order chi connectivity index (χ1) is 12.8. The summed E-state index contributed by atoms with van der Waals surface area (Å²) in [5, 5.41) is 20.9. The molecule has 1 aromatic carbocycles. The van der Waals surface area contributed by atoms with Crippen molar-refractivity contribution in [3.05, 3.63) is 29.8 Å². The summed E-state index contributed by atoms with van der Waals surface area (Å²) in [5.74, 6) is 5.04. The summed E-state index contributed by atoms with van der Waals surface area (Å²) in [6.07, 6.45) is -0.740. The molecule has 7 nitrogen and oxygen atoms in total. The van der Waals surface area contributed by atoms with E-state index in [1.165, 1.54) is 6.07 Å². The van der Waals surface area contributed by atoms with Gasteiger partial charge >= 0.3 is 19.2 Å². The first kappa shape index (κ1) is 23.5. The van der Waals surface area contributed by atoms with Gasteiger partial charge in [0.1, 0.15) is 17.2 Å². The first-order valence-corrected chi connectivity index (χ1v) is 8.94. The second kappa shape index (κ2) is 9.62. The maximum absolute atomic E-state index is 12.4. The fourth-order valence-corrected chi connectivity index (χ4v) is 2.05. The van der Waals surface area contributed by atoms with Crippen LogP contribution in [0.5, 0.6) is 0 Å². The third kappa shape index (κ3) is 9.44. The molecule has 0 aliphatic rings. The highest BCUT2D eigenvalue weighted by atomic mass is 16.6. The van der Waals surface area contributed by atoms with Crippen molar-refractivity contribution in [3.63, 3.8) is 0 Å². The maximum Gasteiger partial charge on any atom is 0.488 e. The van der Waals surface area contributed by atoms with Crippen LogP contribution in [0.15, 0.2) is 24.3 Å². The first-order valence-electron chi connectivity index (χ1n) is 8.94. The average molecular weight is 389 g/mol. The molecule has 0 aromatic heterocycles. The van der Waals surface area contributed by atoms with Crippen LogP contribution < -0.4 is 10.8 Å². The number of hydrogen-bond donors (Lipinski definition) is 3. The summed E-state index contributed by atoms with van der Waals surface area (Å²) in [4.78, 5) is 24.5. The molecular formula is C20H28BNO6. The molecule has 3 N–H and O–H groups in total. The van der Waals surface area contributed by atoms with E-state index in [0.717, 1.165) is 0 Å². The minimum Gasteiger partial charge on any atom is -0.458 e. The number of carbonyl (C=O) groups excluding carboxylic acids is 2. The zero-order valence-electron chi connectivity index (χ0n) is 17.2. The summed E-state index contributed by atoms with van der Waals surface area (Å²) in [5.41, 5.74) is -0.572. The molecule has 1 rings (SSSR count). The van der Waals surface area contributed by atoms with Crippen LogP contribution in [0.2, 0.25) is 0 Å². The zero-order valence-corrected chi connectivity index (χ0v) is 17.2. The number of amides is 1. The van der Waals surface area contributed by atoms with Crippen molar-refractivity contribution in [1.82, 2.24) is 5.32 Å². The molecule has 0 spiro atoms. The van der Waals surface area contributed by atoms with Crippen molar-refractivity contribution in [2.24, 2.45) is 0 Å². The minimum absolute atomic E-state index is 0.0000619. The summed E-state index contributed by atoms with van der Waals surface area (Å²) >= 11 is 0. The standard InChI is InChI=1S/C20H28BNO6/c1-19(2,3)27-17(23)16(22-18(24)28-20(4,5)6)12-8-10-14-9-7-11-15(13-14)21(25)26/h7,9,11,13,16,25-26H,12H2,1-6H3,(H,22,24)/t16-/m0/s1. The van der Waals surface area contributed by atoms with Gasteiger partial charge in [-0.3, -0.25) is 0 Å². The minimum atomic E-state index is -1.59. The third-order valence-electron chi connectivity index (χ3n) is 3.11. The Morgan fingerprint density at radius 2 is 1.71 bits per heavy atom. The van der Waals surface area contributed by atoms with Crippen molar-refractivity contribution in [1.29, 1.82) is 0 Å². The summed E-state index contributed by atoms with van der Waals surface area (Å²) in [6, 6.07) is 5.42. The van der Waals surface area contributed by atoms with Crippen molar-refractivity contribution >= 4 is 24.6 Å². The van der Waals surface area contributed by atoms with E-state index in [1.54, 1.807) is 59.7 Å². The summed E-state index contributed by atoms with van der Waals surface area (Å²) < 4.78 is 10.5. The summed E-state index contributed by atoms with van der Waals surface area (Å²) in [7, 11) is -1.59. The number of rotatable bonds is 4. The molecule has 0 bridgehead atoms. The van der Waals surface area contributed by atoms with Gasteiger partial charge in [0.2, 0.25) is 0 Å². The Morgan fingerprint density at radius 1 is 1.11 bits per heavy atom. The van der Waals surface area contributed by atoms with Gasteiger partial charge in [0, 0.05) is 12.0 Å². The molecule has 0 unspecified atom stereocenters. The quantitative estimate of drug-likeness (QED) is 0.408. The molecule has 0 fully saturated rings. The van der Waals surface area contributed by atoms with Crippen molar-refractivity contribution in [2.45, 2.75) is 65.2 Å². The molecule has 1 amide bonds. The van der Waals surface area contributed by atoms with Crippen LogP contribution in [0.1, 0.15) is 53.5 Å². The zero-order chi connectivity index (χ0) is 21.5.